The van der Waals surface area contributed by atoms with Gasteiger partial charge in [-0.05, 0) is 60.3 Å². The number of sulfonamides is 2. The summed E-state index contributed by atoms with van der Waals surface area (Å²) in [6, 6.07) is 15.5. The summed E-state index contributed by atoms with van der Waals surface area (Å²) in [5, 5.41) is 4.36. The van der Waals surface area contributed by atoms with Crippen LogP contribution in [-0.4, -0.2) is 28.5 Å². The van der Waals surface area contributed by atoms with Crippen LogP contribution in [0.1, 0.15) is 23.7 Å². The first kappa shape index (κ1) is 22.8. The van der Waals surface area contributed by atoms with Gasteiger partial charge in [-0.2, -0.15) is 0 Å². The van der Waals surface area contributed by atoms with E-state index in [2.05, 4.69) is 14.8 Å². The highest BCUT2D eigenvalue weighted by atomic mass is 32.2. The zero-order valence-corrected chi connectivity index (χ0v) is 19.0. The molecule has 0 atom stereocenters. The molecule has 0 saturated heterocycles. The van der Waals surface area contributed by atoms with Crippen LogP contribution in [-0.2, 0) is 20.0 Å². The molecule has 8 nitrogen and oxygen atoms in total. The summed E-state index contributed by atoms with van der Waals surface area (Å²) in [7, 11) is -7.11. The van der Waals surface area contributed by atoms with Crippen molar-refractivity contribution in [1.82, 2.24) is 0 Å². The topological polar surface area (TPSA) is 121 Å². The maximum absolute atomic E-state index is 12.6. The molecule has 0 fully saturated rings. The largest absolute Gasteiger partial charge is 0.322 e. The summed E-state index contributed by atoms with van der Waals surface area (Å²) < 4.78 is 53.5. The van der Waals surface area contributed by atoms with Crippen molar-refractivity contribution in [2.75, 3.05) is 20.5 Å². The van der Waals surface area contributed by atoms with Crippen molar-refractivity contribution in [2.45, 2.75) is 17.6 Å². The molecule has 0 aliphatic rings. The van der Waals surface area contributed by atoms with Crippen LogP contribution in [0.4, 0.5) is 17.1 Å². The summed E-state index contributed by atoms with van der Waals surface area (Å²) in [6.45, 7) is 1.78. The summed E-state index contributed by atoms with van der Waals surface area (Å²) in [5.41, 5.74) is 1.39. The molecule has 164 valence electrons. The number of rotatable bonds is 9. The van der Waals surface area contributed by atoms with Gasteiger partial charge in [-0.3, -0.25) is 14.2 Å². The van der Waals surface area contributed by atoms with Crippen molar-refractivity contribution >= 4 is 54.4 Å². The van der Waals surface area contributed by atoms with E-state index >= 15 is 0 Å². The van der Waals surface area contributed by atoms with Crippen molar-refractivity contribution < 1.29 is 21.6 Å². The first-order valence-electron chi connectivity index (χ1n) is 9.27. The molecule has 3 aromatic rings. The third kappa shape index (κ3) is 6.29. The van der Waals surface area contributed by atoms with E-state index in [1.54, 1.807) is 60.8 Å². The third-order valence-electron chi connectivity index (χ3n) is 4.03. The molecule has 0 aliphatic heterocycles. The first-order chi connectivity index (χ1) is 14.7. The molecule has 1 aromatic heterocycles. The standard InChI is InChI=1S/C20H21N3O5S3/c1-2-13-30(25,26)22-17-10-8-16(9-11-17)21-20(24)15-5-3-6-18(14-15)23-31(27,28)19-7-4-12-29-19/h3-12,14,22-23H,2,13H2,1H3,(H,21,24). The number of benzene rings is 2. The van der Waals surface area contributed by atoms with Crippen molar-refractivity contribution in [1.29, 1.82) is 0 Å². The molecule has 0 spiro atoms. The molecular formula is C20H21N3O5S3. The van der Waals surface area contributed by atoms with Gasteiger partial charge < -0.3 is 5.32 Å². The normalized spacial score (nSPS) is 11.6. The second-order valence-electron chi connectivity index (χ2n) is 6.57. The maximum Gasteiger partial charge on any atom is 0.271 e. The lowest BCUT2D eigenvalue weighted by atomic mass is 10.2. The van der Waals surface area contributed by atoms with Crippen molar-refractivity contribution in [3.8, 4) is 0 Å². The number of amides is 1. The molecule has 31 heavy (non-hydrogen) atoms. The van der Waals surface area contributed by atoms with Gasteiger partial charge in [-0.15, -0.1) is 11.3 Å². The fraction of sp³-hybridized carbons (Fsp3) is 0.150. The van der Waals surface area contributed by atoms with E-state index in [-0.39, 0.29) is 21.2 Å². The van der Waals surface area contributed by atoms with E-state index in [1.165, 1.54) is 12.1 Å². The zero-order valence-electron chi connectivity index (χ0n) is 16.5. The molecule has 0 aliphatic carbocycles. The minimum absolute atomic E-state index is 0.0259. The molecule has 0 unspecified atom stereocenters. The van der Waals surface area contributed by atoms with Gasteiger partial charge in [0.15, 0.2) is 0 Å². The molecule has 2 aromatic carbocycles. The van der Waals surface area contributed by atoms with Crippen LogP contribution in [0.5, 0.6) is 0 Å². The van der Waals surface area contributed by atoms with Gasteiger partial charge >= 0.3 is 0 Å². The monoisotopic (exact) mass is 479 g/mol. The third-order valence-corrected chi connectivity index (χ3v) is 8.30. The molecule has 0 radical (unpaired) electrons. The lowest BCUT2D eigenvalue weighted by Crippen LogP contribution is -2.16. The second kappa shape index (κ2) is 9.50. The fourth-order valence-electron chi connectivity index (χ4n) is 2.67. The Labute approximate surface area is 185 Å². The highest BCUT2D eigenvalue weighted by Crippen LogP contribution is 2.22. The van der Waals surface area contributed by atoms with Gasteiger partial charge in [-0.1, -0.05) is 19.1 Å². The van der Waals surface area contributed by atoms with Crippen LogP contribution in [0.3, 0.4) is 0 Å². The number of thiophene rings is 1. The van der Waals surface area contributed by atoms with Gasteiger partial charge in [0.2, 0.25) is 10.0 Å². The lowest BCUT2D eigenvalue weighted by molar-refractivity contribution is 0.102. The quantitative estimate of drug-likeness (QED) is 0.429. The highest BCUT2D eigenvalue weighted by Gasteiger charge is 2.16. The number of hydrogen-bond donors (Lipinski definition) is 3. The number of carbonyl (C=O) groups is 1. The Morgan fingerprint density at radius 2 is 1.58 bits per heavy atom. The van der Waals surface area contributed by atoms with Crippen LogP contribution in [0.25, 0.3) is 0 Å². The van der Waals surface area contributed by atoms with Crippen molar-refractivity contribution in [3.63, 3.8) is 0 Å². The lowest BCUT2D eigenvalue weighted by Gasteiger charge is -2.10. The Bertz CT molecular complexity index is 1250. The molecular weight excluding hydrogens is 458 g/mol. The van der Waals surface area contributed by atoms with Gasteiger partial charge in [0, 0.05) is 22.6 Å². The number of hydrogen-bond acceptors (Lipinski definition) is 6. The summed E-state index contributed by atoms with van der Waals surface area (Å²) in [4.78, 5) is 12.6. The van der Waals surface area contributed by atoms with Crippen molar-refractivity contribution in [3.05, 3.63) is 71.6 Å². The van der Waals surface area contributed by atoms with Gasteiger partial charge in [0.05, 0.1) is 5.75 Å². The van der Waals surface area contributed by atoms with Crippen LogP contribution in [0.15, 0.2) is 70.3 Å². The van der Waals surface area contributed by atoms with Gasteiger partial charge in [0.1, 0.15) is 4.21 Å². The SMILES string of the molecule is CCCS(=O)(=O)Nc1ccc(NC(=O)c2cccc(NS(=O)(=O)c3cccs3)c2)cc1. The Hall–Kier alpha value is -2.89. The zero-order chi connectivity index (χ0) is 22.5. The average Bonchev–Trinajstić information content (AvgIpc) is 3.25. The number of anilines is 3. The molecule has 0 bridgehead atoms. The molecule has 3 N–H and O–H groups in total. The van der Waals surface area contributed by atoms with E-state index in [9.17, 15) is 21.6 Å². The van der Waals surface area contributed by atoms with Gasteiger partial charge in [0.25, 0.3) is 15.9 Å². The van der Waals surface area contributed by atoms with E-state index < -0.39 is 26.0 Å². The average molecular weight is 480 g/mol. The van der Waals surface area contributed by atoms with Crippen LogP contribution in [0, 0.1) is 0 Å². The summed E-state index contributed by atoms with van der Waals surface area (Å²) in [5.74, 6) is -0.408. The molecule has 11 heteroatoms. The van der Waals surface area contributed by atoms with E-state index in [1.807, 2.05) is 0 Å². The minimum Gasteiger partial charge on any atom is -0.322 e. The first-order valence-corrected chi connectivity index (χ1v) is 13.3. The molecule has 1 amide bonds. The Morgan fingerprint density at radius 3 is 2.23 bits per heavy atom. The van der Waals surface area contributed by atoms with Crippen molar-refractivity contribution in [2.24, 2.45) is 0 Å². The summed E-state index contributed by atoms with van der Waals surface area (Å²) >= 11 is 1.10. The van der Waals surface area contributed by atoms with Crippen LogP contribution in [0.2, 0.25) is 0 Å². The summed E-state index contributed by atoms with van der Waals surface area (Å²) in [6.07, 6.45) is 0.506. The minimum atomic E-state index is -3.71. The number of nitrogens with one attached hydrogen (secondary N) is 3. The van der Waals surface area contributed by atoms with E-state index in [0.717, 1.165) is 11.3 Å². The molecule has 0 saturated carbocycles. The highest BCUT2D eigenvalue weighted by molar-refractivity contribution is 7.94. The smallest absolute Gasteiger partial charge is 0.271 e. The van der Waals surface area contributed by atoms with Crippen LogP contribution < -0.4 is 14.8 Å². The predicted molar refractivity (Wildman–Crippen MR) is 124 cm³/mol. The Morgan fingerprint density at radius 1 is 0.871 bits per heavy atom. The maximum atomic E-state index is 12.6. The van der Waals surface area contributed by atoms with E-state index in [4.69, 9.17) is 0 Å². The molecule has 1 heterocycles. The second-order valence-corrected chi connectivity index (χ2v) is 11.3. The number of carbonyl (C=O) groups excluding carboxylic acids is 1. The van der Waals surface area contributed by atoms with E-state index in [0.29, 0.717) is 17.8 Å². The van der Waals surface area contributed by atoms with Crippen LogP contribution >= 0.6 is 11.3 Å². The Balaban J connectivity index is 1.68. The molecule has 3 rings (SSSR count). The fourth-order valence-corrected chi connectivity index (χ4v) is 5.85. The van der Waals surface area contributed by atoms with Gasteiger partial charge in [-0.25, -0.2) is 16.8 Å². The predicted octanol–water partition coefficient (Wildman–Crippen LogP) is 3.95. The Kier molecular flexibility index (Phi) is 6.98.